The second kappa shape index (κ2) is 6.32. The summed E-state index contributed by atoms with van der Waals surface area (Å²) in [5, 5.41) is 3.48. The lowest BCUT2D eigenvalue weighted by molar-refractivity contribution is -0.129. The van der Waals surface area contributed by atoms with Crippen molar-refractivity contribution < 1.29 is 4.79 Å². The number of fused-ring (bicyclic) bond motifs is 1. The summed E-state index contributed by atoms with van der Waals surface area (Å²) in [6, 6.07) is 9.07. The van der Waals surface area contributed by atoms with Crippen LogP contribution in [0.1, 0.15) is 28.9 Å². The Labute approximate surface area is 142 Å². The first kappa shape index (κ1) is 15.3. The maximum absolute atomic E-state index is 12.4. The number of amides is 1. The monoisotopic (exact) mass is 322 g/mol. The number of rotatable bonds is 4. The van der Waals surface area contributed by atoms with Crippen LogP contribution in [0.15, 0.2) is 36.7 Å². The minimum absolute atomic E-state index is 0.211. The quantitative estimate of drug-likeness (QED) is 0.930. The van der Waals surface area contributed by atoms with Crippen LogP contribution in [0.2, 0.25) is 0 Å². The van der Waals surface area contributed by atoms with Crippen molar-refractivity contribution in [2.75, 3.05) is 6.54 Å². The maximum Gasteiger partial charge on any atom is 0.224 e. The van der Waals surface area contributed by atoms with E-state index >= 15 is 0 Å². The van der Waals surface area contributed by atoms with Crippen molar-refractivity contribution in [3.05, 3.63) is 59.2 Å². The molecule has 0 spiro atoms. The third kappa shape index (κ3) is 3.04. The zero-order valence-electron chi connectivity index (χ0n) is 13.9. The highest BCUT2D eigenvalue weighted by molar-refractivity contribution is 5.79. The number of likely N-dealkylation sites (tertiary alicyclic amines) is 1. The highest BCUT2D eigenvalue weighted by Gasteiger charge is 2.36. The predicted octanol–water partition coefficient (Wildman–Crippen LogP) is 1.64. The van der Waals surface area contributed by atoms with Gasteiger partial charge < -0.3 is 10.2 Å². The Morgan fingerprint density at radius 1 is 1.12 bits per heavy atom. The van der Waals surface area contributed by atoms with Gasteiger partial charge in [-0.2, -0.15) is 0 Å². The molecule has 0 bridgehead atoms. The lowest BCUT2D eigenvalue weighted by Gasteiger charge is -2.24. The lowest BCUT2D eigenvalue weighted by Crippen LogP contribution is -2.39. The van der Waals surface area contributed by atoms with Gasteiger partial charge in [-0.1, -0.05) is 24.3 Å². The molecule has 2 aromatic rings. The summed E-state index contributed by atoms with van der Waals surface area (Å²) in [4.78, 5) is 22.9. The molecule has 0 radical (unpaired) electrons. The van der Waals surface area contributed by atoms with Gasteiger partial charge in [0, 0.05) is 49.6 Å². The Bertz CT molecular complexity index is 718. The largest absolute Gasteiger partial charge is 0.337 e. The molecule has 1 aromatic heterocycles. The van der Waals surface area contributed by atoms with E-state index in [1.807, 2.05) is 19.3 Å². The van der Waals surface area contributed by atoms with Crippen LogP contribution in [0.4, 0.5) is 0 Å². The van der Waals surface area contributed by atoms with Gasteiger partial charge in [0.15, 0.2) is 0 Å². The molecule has 2 heterocycles. The molecular weight excluding hydrogens is 300 g/mol. The van der Waals surface area contributed by atoms with Crippen LogP contribution in [0.25, 0.3) is 0 Å². The SMILES string of the molecule is Cc1ncc(CN[C@@H]2CC(=O)N(C3Cc4ccccc4C3)C2)cn1. The van der Waals surface area contributed by atoms with E-state index in [1.165, 1.54) is 11.1 Å². The van der Waals surface area contributed by atoms with Gasteiger partial charge in [-0.3, -0.25) is 4.79 Å². The molecule has 1 saturated heterocycles. The van der Waals surface area contributed by atoms with E-state index in [4.69, 9.17) is 0 Å². The number of nitrogens with one attached hydrogen (secondary N) is 1. The Morgan fingerprint density at radius 3 is 2.46 bits per heavy atom. The van der Waals surface area contributed by atoms with E-state index in [0.29, 0.717) is 19.0 Å². The number of carbonyl (C=O) groups is 1. The number of hydrogen-bond donors (Lipinski definition) is 1. The molecule has 2 aliphatic rings. The first-order valence-corrected chi connectivity index (χ1v) is 8.56. The normalized spacial score (nSPS) is 20.6. The highest BCUT2D eigenvalue weighted by atomic mass is 16.2. The minimum Gasteiger partial charge on any atom is -0.337 e. The number of carbonyl (C=O) groups excluding carboxylic acids is 1. The van der Waals surface area contributed by atoms with E-state index < -0.39 is 0 Å². The van der Waals surface area contributed by atoms with Crippen molar-refractivity contribution in [1.82, 2.24) is 20.2 Å². The number of benzene rings is 1. The van der Waals surface area contributed by atoms with Crippen molar-refractivity contribution in [2.45, 2.75) is 44.8 Å². The van der Waals surface area contributed by atoms with Gasteiger partial charge in [0.1, 0.15) is 5.82 Å². The molecule has 5 nitrogen and oxygen atoms in total. The fourth-order valence-electron chi connectivity index (χ4n) is 3.75. The summed E-state index contributed by atoms with van der Waals surface area (Å²) in [5.74, 6) is 1.05. The van der Waals surface area contributed by atoms with Crippen molar-refractivity contribution in [1.29, 1.82) is 0 Å². The van der Waals surface area contributed by atoms with Crippen LogP contribution >= 0.6 is 0 Å². The fourth-order valence-corrected chi connectivity index (χ4v) is 3.75. The lowest BCUT2D eigenvalue weighted by atomic mass is 10.1. The van der Waals surface area contributed by atoms with E-state index in [2.05, 4.69) is 44.5 Å². The Hall–Kier alpha value is -2.27. The summed E-state index contributed by atoms with van der Waals surface area (Å²) >= 11 is 0. The molecule has 124 valence electrons. The summed E-state index contributed by atoms with van der Waals surface area (Å²) in [5.41, 5.74) is 3.84. The van der Waals surface area contributed by atoms with Gasteiger partial charge in [-0.25, -0.2) is 9.97 Å². The van der Waals surface area contributed by atoms with Gasteiger partial charge in [0.2, 0.25) is 5.91 Å². The molecule has 0 saturated carbocycles. The predicted molar refractivity (Wildman–Crippen MR) is 91.4 cm³/mol. The van der Waals surface area contributed by atoms with Crippen molar-refractivity contribution in [2.24, 2.45) is 0 Å². The van der Waals surface area contributed by atoms with Crippen LogP contribution in [-0.2, 0) is 24.2 Å². The Balaban J connectivity index is 1.35. The van der Waals surface area contributed by atoms with Gasteiger partial charge in [0.05, 0.1) is 0 Å². The standard InChI is InChI=1S/C19H22N4O/c1-13-20-9-14(10-21-13)11-22-17-8-19(24)23(12-17)18-6-15-4-2-3-5-16(15)7-18/h2-5,9-10,17-18,22H,6-8,11-12H2,1H3/t17-/m1/s1. The van der Waals surface area contributed by atoms with Crippen LogP contribution in [-0.4, -0.2) is 39.4 Å². The molecule has 1 atom stereocenters. The number of aromatic nitrogens is 2. The van der Waals surface area contributed by atoms with Crippen molar-refractivity contribution >= 4 is 5.91 Å². The number of hydrogen-bond acceptors (Lipinski definition) is 4. The molecule has 1 N–H and O–H groups in total. The molecule has 4 rings (SSSR count). The number of aryl methyl sites for hydroxylation is 1. The van der Waals surface area contributed by atoms with Gasteiger partial charge >= 0.3 is 0 Å². The Morgan fingerprint density at radius 2 is 1.79 bits per heavy atom. The summed E-state index contributed by atoms with van der Waals surface area (Å²) < 4.78 is 0. The van der Waals surface area contributed by atoms with Crippen LogP contribution in [0, 0.1) is 6.92 Å². The smallest absolute Gasteiger partial charge is 0.224 e. The summed E-state index contributed by atoms with van der Waals surface area (Å²) in [7, 11) is 0. The third-order valence-corrected chi connectivity index (χ3v) is 5.06. The van der Waals surface area contributed by atoms with Gasteiger partial charge in [-0.05, 0) is 30.9 Å². The molecule has 0 unspecified atom stereocenters. The molecule has 1 fully saturated rings. The molecule has 1 amide bonds. The minimum atomic E-state index is 0.211. The van der Waals surface area contributed by atoms with Crippen molar-refractivity contribution in [3.63, 3.8) is 0 Å². The fraction of sp³-hybridized carbons (Fsp3) is 0.421. The zero-order valence-corrected chi connectivity index (χ0v) is 13.9. The molecule has 1 aliphatic heterocycles. The topological polar surface area (TPSA) is 58.1 Å². The first-order valence-electron chi connectivity index (χ1n) is 8.56. The van der Waals surface area contributed by atoms with E-state index in [1.54, 1.807) is 0 Å². The molecule has 1 aliphatic carbocycles. The van der Waals surface area contributed by atoms with E-state index in [9.17, 15) is 4.79 Å². The molecule has 5 heteroatoms. The maximum atomic E-state index is 12.4. The first-order chi connectivity index (χ1) is 11.7. The average Bonchev–Trinajstić information content (AvgIpc) is 3.17. The molecule has 1 aromatic carbocycles. The second-order valence-corrected chi connectivity index (χ2v) is 6.80. The van der Waals surface area contributed by atoms with Crippen LogP contribution in [0.5, 0.6) is 0 Å². The van der Waals surface area contributed by atoms with Crippen LogP contribution < -0.4 is 5.32 Å². The van der Waals surface area contributed by atoms with Crippen LogP contribution in [0.3, 0.4) is 0 Å². The number of nitrogens with zero attached hydrogens (tertiary/aromatic N) is 3. The second-order valence-electron chi connectivity index (χ2n) is 6.80. The van der Waals surface area contributed by atoms with Gasteiger partial charge in [0.25, 0.3) is 0 Å². The summed E-state index contributed by atoms with van der Waals surface area (Å²) in [6.45, 7) is 3.38. The summed E-state index contributed by atoms with van der Waals surface area (Å²) in [6.07, 6.45) is 6.25. The van der Waals surface area contributed by atoms with E-state index in [-0.39, 0.29) is 11.9 Å². The van der Waals surface area contributed by atoms with Crippen molar-refractivity contribution in [3.8, 4) is 0 Å². The average molecular weight is 322 g/mol. The highest BCUT2D eigenvalue weighted by Crippen LogP contribution is 2.28. The zero-order chi connectivity index (χ0) is 16.5. The molecular formula is C19H22N4O. The van der Waals surface area contributed by atoms with E-state index in [0.717, 1.165) is 30.8 Å². The third-order valence-electron chi connectivity index (χ3n) is 5.06. The van der Waals surface area contributed by atoms with Gasteiger partial charge in [-0.15, -0.1) is 0 Å². The Kier molecular flexibility index (Phi) is 4.02. The molecule has 24 heavy (non-hydrogen) atoms.